The molecule has 0 spiro atoms. The highest BCUT2D eigenvalue weighted by Crippen LogP contribution is 2.32. The minimum atomic E-state index is -0.633. The summed E-state index contributed by atoms with van der Waals surface area (Å²) < 4.78 is 0. The topological polar surface area (TPSA) is 66.5 Å². The number of nitrogens with two attached hydrogens (primary N) is 1. The summed E-state index contributed by atoms with van der Waals surface area (Å²) in [5, 5.41) is 20.2. The third-order valence-electron chi connectivity index (χ3n) is 4.20. The van der Waals surface area contributed by atoms with Crippen molar-refractivity contribution in [3.8, 4) is 0 Å². The number of aliphatic hydroxyl groups excluding tert-OH is 2. The van der Waals surface area contributed by atoms with Crippen LogP contribution < -0.4 is 5.73 Å². The molecule has 5 atom stereocenters. The molecule has 0 aromatic rings. The van der Waals surface area contributed by atoms with E-state index < -0.39 is 12.2 Å². The minimum Gasteiger partial charge on any atom is -0.390 e. The van der Waals surface area contributed by atoms with Crippen LogP contribution in [-0.4, -0.2) is 28.5 Å². The molecular formula is C14H29NO2. The molecule has 0 aromatic carbocycles. The molecule has 0 radical (unpaired) electrons. The van der Waals surface area contributed by atoms with Crippen molar-refractivity contribution in [3.05, 3.63) is 0 Å². The van der Waals surface area contributed by atoms with Gasteiger partial charge in [-0.05, 0) is 37.0 Å². The Bertz CT molecular complexity index is 220. The van der Waals surface area contributed by atoms with Crippen LogP contribution in [0.25, 0.3) is 0 Å². The zero-order valence-corrected chi connectivity index (χ0v) is 11.5. The number of hydrogen-bond acceptors (Lipinski definition) is 3. The Labute approximate surface area is 105 Å². The van der Waals surface area contributed by atoms with E-state index in [0.29, 0.717) is 18.3 Å². The van der Waals surface area contributed by atoms with Crippen molar-refractivity contribution in [2.24, 2.45) is 23.5 Å². The zero-order valence-electron chi connectivity index (χ0n) is 11.5. The van der Waals surface area contributed by atoms with Gasteiger partial charge in [-0.15, -0.1) is 0 Å². The highest BCUT2D eigenvalue weighted by molar-refractivity contribution is 4.87. The van der Waals surface area contributed by atoms with Crippen LogP contribution in [-0.2, 0) is 0 Å². The van der Waals surface area contributed by atoms with Gasteiger partial charge in [-0.1, -0.05) is 33.6 Å². The molecule has 1 rings (SSSR count). The first kappa shape index (κ1) is 14.9. The average molecular weight is 243 g/mol. The summed E-state index contributed by atoms with van der Waals surface area (Å²) >= 11 is 0. The van der Waals surface area contributed by atoms with E-state index >= 15 is 0 Å². The predicted molar refractivity (Wildman–Crippen MR) is 70.6 cm³/mol. The lowest BCUT2D eigenvalue weighted by molar-refractivity contribution is -0.0439. The fourth-order valence-electron chi connectivity index (χ4n) is 3.07. The molecule has 1 saturated carbocycles. The first-order valence-corrected chi connectivity index (χ1v) is 7.05. The maximum atomic E-state index is 10.2. The van der Waals surface area contributed by atoms with E-state index in [4.69, 9.17) is 5.73 Å². The lowest BCUT2D eigenvalue weighted by Gasteiger charge is -2.37. The lowest BCUT2D eigenvalue weighted by atomic mass is 9.74. The molecule has 0 heterocycles. The molecule has 0 amide bonds. The summed E-state index contributed by atoms with van der Waals surface area (Å²) in [5.41, 5.74) is 6.13. The molecule has 17 heavy (non-hydrogen) atoms. The largest absolute Gasteiger partial charge is 0.390 e. The molecule has 0 bridgehead atoms. The van der Waals surface area contributed by atoms with Crippen LogP contribution in [0.15, 0.2) is 0 Å². The van der Waals surface area contributed by atoms with Crippen molar-refractivity contribution in [1.82, 2.24) is 0 Å². The van der Waals surface area contributed by atoms with Crippen LogP contribution in [0.3, 0.4) is 0 Å². The molecule has 0 aliphatic heterocycles. The third kappa shape index (κ3) is 4.23. The number of hydrogen-bond donors (Lipinski definition) is 3. The van der Waals surface area contributed by atoms with E-state index in [2.05, 4.69) is 13.8 Å². The fourth-order valence-corrected chi connectivity index (χ4v) is 3.07. The second kappa shape index (κ2) is 6.72. The van der Waals surface area contributed by atoms with Gasteiger partial charge < -0.3 is 15.9 Å². The van der Waals surface area contributed by atoms with Gasteiger partial charge in [0.1, 0.15) is 0 Å². The molecule has 0 saturated heterocycles. The Morgan fingerprint density at radius 3 is 2.24 bits per heavy atom. The summed E-state index contributed by atoms with van der Waals surface area (Å²) in [7, 11) is 0. The molecule has 1 aliphatic carbocycles. The maximum Gasteiger partial charge on any atom is 0.0827 e. The Morgan fingerprint density at radius 1 is 1.12 bits per heavy atom. The van der Waals surface area contributed by atoms with Gasteiger partial charge in [0.25, 0.3) is 0 Å². The quantitative estimate of drug-likeness (QED) is 0.691. The van der Waals surface area contributed by atoms with E-state index in [-0.39, 0.29) is 12.0 Å². The summed E-state index contributed by atoms with van der Waals surface area (Å²) in [6.07, 6.45) is 3.97. The summed E-state index contributed by atoms with van der Waals surface area (Å²) in [5.74, 6) is 0.867. The molecule has 1 aliphatic rings. The van der Waals surface area contributed by atoms with E-state index in [9.17, 15) is 10.2 Å². The Morgan fingerprint density at radius 2 is 1.71 bits per heavy atom. The van der Waals surface area contributed by atoms with Crippen LogP contribution in [0.1, 0.15) is 52.9 Å². The Kier molecular flexibility index (Phi) is 5.90. The second-order valence-electron chi connectivity index (χ2n) is 6.16. The molecule has 3 heteroatoms. The third-order valence-corrected chi connectivity index (χ3v) is 4.20. The van der Waals surface area contributed by atoms with E-state index in [1.165, 1.54) is 12.8 Å². The smallest absolute Gasteiger partial charge is 0.0827 e. The highest BCUT2D eigenvalue weighted by Gasteiger charge is 2.34. The average Bonchev–Trinajstić information content (AvgIpc) is 2.27. The molecule has 4 N–H and O–H groups in total. The van der Waals surface area contributed by atoms with Crippen LogP contribution in [0, 0.1) is 17.8 Å². The fraction of sp³-hybridized carbons (Fsp3) is 1.00. The first-order chi connectivity index (χ1) is 7.93. The van der Waals surface area contributed by atoms with Gasteiger partial charge in [0.15, 0.2) is 0 Å². The zero-order chi connectivity index (χ0) is 13.0. The van der Waals surface area contributed by atoms with Crippen molar-refractivity contribution in [1.29, 1.82) is 0 Å². The molecule has 0 aromatic heterocycles. The van der Waals surface area contributed by atoms with E-state index in [1.807, 2.05) is 6.92 Å². The van der Waals surface area contributed by atoms with Crippen LogP contribution >= 0.6 is 0 Å². The maximum absolute atomic E-state index is 10.2. The highest BCUT2D eigenvalue weighted by atomic mass is 16.3. The summed E-state index contributed by atoms with van der Waals surface area (Å²) in [6, 6.07) is 0.194. The predicted octanol–water partition coefficient (Wildman–Crippen LogP) is 1.91. The van der Waals surface area contributed by atoms with Gasteiger partial charge in [-0.25, -0.2) is 0 Å². The van der Waals surface area contributed by atoms with Gasteiger partial charge in [-0.3, -0.25) is 0 Å². The lowest BCUT2D eigenvalue weighted by Crippen LogP contribution is -2.44. The van der Waals surface area contributed by atoms with Crippen molar-refractivity contribution in [3.63, 3.8) is 0 Å². The monoisotopic (exact) mass is 243 g/mol. The van der Waals surface area contributed by atoms with Gasteiger partial charge >= 0.3 is 0 Å². The van der Waals surface area contributed by atoms with Crippen molar-refractivity contribution >= 4 is 0 Å². The Balaban J connectivity index is 2.52. The van der Waals surface area contributed by atoms with Gasteiger partial charge in [0.05, 0.1) is 12.2 Å². The van der Waals surface area contributed by atoms with Crippen molar-refractivity contribution in [2.45, 2.75) is 71.1 Å². The Hall–Kier alpha value is -0.120. The van der Waals surface area contributed by atoms with E-state index in [0.717, 1.165) is 12.8 Å². The summed E-state index contributed by atoms with van der Waals surface area (Å²) in [6.45, 7) is 6.16. The van der Waals surface area contributed by atoms with Crippen LogP contribution in [0.2, 0.25) is 0 Å². The SMILES string of the molecule is CC(C)C[C@H](O)[C@H](O)[C@@H](C)C1CCCCC1N. The molecular weight excluding hydrogens is 214 g/mol. The molecule has 3 nitrogen and oxygen atoms in total. The standard InChI is InChI=1S/C14H29NO2/c1-9(2)8-13(16)14(17)10(3)11-6-4-5-7-12(11)15/h9-14,16-17H,4-8,15H2,1-3H3/t10-,11?,12?,13-,14+/m0/s1. The second-order valence-corrected chi connectivity index (χ2v) is 6.16. The van der Waals surface area contributed by atoms with Crippen molar-refractivity contribution in [2.75, 3.05) is 0 Å². The first-order valence-electron chi connectivity index (χ1n) is 7.05. The summed E-state index contributed by atoms with van der Waals surface area (Å²) in [4.78, 5) is 0. The molecule has 2 unspecified atom stereocenters. The molecule has 102 valence electrons. The normalized spacial score (nSPS) is 31.2. The number of rotatable bonds is 5. The molecule has 1 fully saturated rings. The van der Waals surface area contributed by atoms with Crippen molar-refractivity contribution < 1.29 is 10.2 Å². The number of aliphatic hydroxyl groups is 2. The minimum absolute atomic E-state index is 0.0963. The van der Waals surface area contributed by atoms with Gasteiger partial charge in [0.2, 0.25) is 0 Å². The van der Waals surface area contributed by atoms with Gasteiger partial charge in [0, 0.05) is 6.04 Å². The van der Waals surface area contributed by atoms with E-state index in [1.54, 1.807) is 0 Å². The van der Waals surface area contributed by atoms with Gasteiger partial charge in [-0.2, -0.15) is 0 Å². The van der Waals surface area contributed by atoms with Crippen LogP contribution in [0.4, 0.5) is 0 Å². The van der Waals surface area contributed by atoms with Crippen LogP contribution in [0.5, 0.6) is 0 Å².